The predicted octanol–water partition coefficient (Wildman–Crippen LogP) is 3.46. The zero-order valence-corrected chi connectivity index (χ0v) is 14.4. The van der Waals surface area contributed by atoms with Crippen LogP contribution in [-0.4, -0.2) is 31.1 Å². The Bertz CT molecular complexity index is 577. The molecule has 1 saturated heterocycles. The second-order valence-electron chi connectivity index (χ2n) is 5.46. The lowest BCUT2D eigenvalue weighted by atomic mass is 9.99. The van der Waals surface area contributed by atoms with Gasteiger partial charge in [-0.2, -0.15) is 5.26 Å². The number of hydrogen-bond acceptors (Lipinski definition) is 3. The van der Waals surface area contributed by atoms with Crippen LogP contribution < -0.4 is 10.1 Å². The zero-order chi connectivity index (χ0) is 16.1. The molecular formula is C16H20BrN3O2. The van der Waals surface area contributed by atoms with Gasteiger partial charge in [-0.3, -0.25) is 0 Å². The highest BCUT2D eigenvalue weighted by atomic mass is 79.9. The van der Waals surface area contributed by atoms with Crippen LogP contribution >= 0.6 is 15.9 Å². The number of carbonyl (C=O) groups is 1. The van der Waals surface area contributed by atoms with Gasteiger partial charge in [0.2, 0.25) is 0 Å². The van der Waals surface area contributed by atoms with Crippen molar-refractivity contribution in [2.45, 2.75) is 25.8 Å². The first-order valence-corrected chi connectivity index (χ1v) is 8.13. The fourth-order valence-electron chi connectivity index (χ4n) is 2.52. The molecule has 2 amide bonds. The number of halogens is 1. The Hall–Kier alpha value is -1.74. The Morgan fingerprint density at radius 1 is 1.50 bits per heavy atom. The molecule has 0 saturated carbocycles. The molecule has 2 rings (SSSR count). The lowest BCUT2D eigenvalue weighted by Gasteiger charge is -2.30. The molecule has 1 fully saturated rings. The van der Waals surface area contributed by atoms with Gasteiger partial charge in [-0.1, -0.05) is 6.07 Å². The average Bonchev–Trinajstić information content (AvgIpc) is 2.54. The molecule has 1 unspecified atom stereocenters. The Balaban J connectivity index is 1.94. The largest absolute Gasteiger partial charge is 0.496 e. The monoisotopic (exact) mass is 365 g/mol. The Morgan fingerprint density at radius 2 is 2.18 bits per heavy atom. The quantitative estimate of drug-likeness (QED) is 0.891. The van der Waals surface area contributed by atoms with E-state index in [1.54, 1.807) is 12.0 Å². The van der Waals surface area contributed by atoms with Gasteiger partial charge < -0.3 is 15.0 Å². The van der Waals surface area contributed by atoms with Gasteiger partial charge in [0, 0.05) is 19.0 Å². The minimum Gasteiger partial charge on any atom is -0.496 e. The van der Waals surface area contributed by atoms with Crippen LogP contribution in [0.2, 0.25) is 0 Å². The van der Waals surface area contributed by atoms with Gasteiger partial charge in [0.25, 0.3) is 0 Å². The predicted molar refractivity (Wildman–Crippen MR) is 87.6 cm³/mol. The standard InChI is InChI=1S/C16H20BrN3O2/c1-11(13-3-4-15(22-2)14(17)9-13)19-16(21)20-7-5-12(10-18)6-8-20/h3-4,9,11-12H,5-8H2,1-2H3,(H,19,21). The van der Waals surface area contributed by atoms with E-state index in [0.717, 1.165) is 28.6 Å². The number of piperidine rings is 1. The first kappa shape index (κ1) is 16.6. The maximum atomic E-state index is 12.3. The topological polar surface area (TPSA) is 65.4 Å². The minimum atomic E-state index is -0.0941. The van der Waals surface area contributed by atoms with Crippen molar-refractivity contribution in [1.82, 2.24) is 10.2 Å². The van der Waals surface area contributed by atoms with Crippen LogP contribution in [-0.2, 0) is 0 Å². The van der Waals surface area contributed by atoms with E-state index in [9.17, 15) is 4.79 Å². The number of nitriles is 1. The third-order valence-corrected chi connectivity index (χ3v) is 4.60. The first-order valence-electron chi connectivity index (χ1n) is 7.33. The van der Waals surface area contributed by atoms with Crippen molar-refractivity contribution in [3.63, 3.8) is 0 Å². The van der Waals surface area contributed by atoms with E-state index in [2.05, 4.69) is 27.3 Å². The highest BCUT2D eigenvalue weighted by Crippen LogP contribution is 2.28. The maximum absolute atomic E-state index is 12.3. The van der Waals surface area contributed by atoms with Crippen LogP contribution in [0.3, 0.4) is 0 Å². The van der Waals surface area contributed by atoms with E-state index >= 15 is 0 Å². The fourth-order valence-corrected chi connectivity index (χ4v) is 3.08. The SMILES string of the molecule is COc1ccc(C(C)NC(=O)N2CCC(C#N)CC2)cc1Br. The summed E-state index contributed by atoms with van der Waals surface area (Å²) in [5.74, 6) is 0.847. The van der Waals surface area contributed by atoms with Crippen LogP contribution in [0.15, 0.2) is 22.7 Å². The Labute approximate surface area is 139 Å². The molecule has 1 N–H and O–H groups in total. The number of ether oxygens (including phenoxy) is 1. The third kappa shape index (κ3) is 3.92. The fraction of sp³-hybridized carbons (Fsp3) is 0.500. The van der Waals surface area contributed by atoms with Crippen LogP contribution in [0, 0.1) is 17.2 Å². The molecule has 1 heterocycles. The molecule has 6 heteroatoms. The molecule has 118 valence electrons. The van der Waals surface area contributed by atoms with Crippen molar-refractivity contribution in [3.05, 3.63) is 28.2 Å². The molecule has 1 aromatic carbocycles. The van der Waals surface area contributed by atoms with E-state index in [0.29, 0.717) is 13.1 Å². The van der Waals surface area contributed by atoms with Crippen molar-refractivity contribution < 1.29 is 9.53 Å². The van der Waals surface area contributed by atoms with E-state index in [1.165, 1.54) is 0 Å². The third-order valence-electron chi connectivity index (χ3n) is 3.98. The van der Waals surface area contributed by atoms with Crippen LogP contribution in [0.5, 0.6) is 5.75 Å². The molecule has 0 bridgehead atoms. The van der Waals surface area contributed by atoms with E-state index in [4.69, 9.17) is 10.00 Å². The number of nitrogens with zero attached hydrogens (tertiary/aromatic N) is 2. The van der Waals surface area contributed by atoms with Crippen molar-refractivity contribution in [2.75, 3.05) is 20.2 Å². The highest BCUT2D eigenvalue weighted by molar-refractivity contribution is 9.10. The number of benzene rings is 1. The molecule has 0 aromatic heterocycles. The van der Waals surface area contributed by atoms with Crippen LogP contribution in [0.4, 0.5) is 4.79 Å². The number of rotatable bonds is 3. The molecule has 5 nitrogen and oxygen atoms in total. The minimum absolute atomic E-state index is 0.0733. The molecular weight excluding hydrogens is 346 g/mol. The van der Waals surface area contributed by atoms with Crippen LogP contribution in [0.1, 0.15) is 31.4 Å². The van der Waals surface area contributed by atoms with Gasteiger partial charge in [-0.15, -0.1) is 0 Å². The molecule has 1 aliphatic rings. The van der Waals surface area contributed by atoms with Crippen molar-refractivity contribution in [1.29, 1.82) is 5.26 Å². The van der Waals surface area contributed by atoms with E-state index in [-0.39, 0.29) is 18.0 Å². The van der Waals surface area contributed by atoms with Crippen molar-refractivity contribution in [3.8, 4) is 11.8 Å². The molecule has 0 spiro atoms. The summed E-state index contributed by atoms with van der Waals surface area (Å²) in [7, 11) is 1.62. The summed E-state index contributed by atoms with van der Waals surface area (Å²) in [6.07, 6.45) is 1.51. The number of methoxy groups -OCH3 is 1. The Kier molecular flexibility index (Phi) is 5.67. The lowest BCUT2D eigenvalue weighted by Crippen LogP contribution is -2.45. The molecule has 1 atom stereocenters. The van der Waals surface area contributed by atoms with Gasteiger partial charge >= 0.3 is 6.03 Å². The Morgan fingerprint density at radius 3 is 2.73 bits per heavy atom. The number of hydrogen-bond donors (Lipinski definition) is 1. The number of urea groups is 1. The van der Waals surface area contributed by atoms with Gasteiger partial charge in [0.05, 0.1) is 23.7 Å². The summed E-state index contributed by atoms with van der Waals surface area (Å²) in [6, 6.07) is 7.87. The number of amides is 2. The molecule has 22 heavy (non-hydrogen) atoms. The summed E-state index contributed by atoms with van der Waals surface area (Å²) in [5, 5.41) is 11.9. The maximum Gasteiger partial charge on any atom is 0.317 e. The summed E-state index contributed by atoms with van der Waals surface area (Å²) in [5.41, 5.74) is 1.01. The van der Waals surface area contributed by atoms with Crippen molar-refractivity contribution in [2.24, 2.45) is 5.92 Å². The van der Waals surface area contributed by atoms with E-state index in [1.807, 2.05) is 25.1 Å². The second-order valence-corrected chi connectivity index (χ2v) is 6.31. The number of likely N-dealkylation sites (tertiary alicyclic amines) is 1. The van der Waals surface area contributed by atoms with Gasteiger partial charge in [-0.05, 0) is 53.4 Å². The lowest BCUT2D eigenvalue weighted by molar-refractivity contribution is 0.176. The summed E-state index contributed by atoms with van der Waals surface area (Å²) < 4.78 is 6.07. The first-order chi connectivity index (χ1) is 10.5. The molecule has 0 radical (unpaired) electrons. The average molecular weight is 366 g/mol. The number of nitrogens with one attached hydrogen (secondary N) is 1. The van der Waals surface area contributed by atoms with Gasteiger partial charge in [0.1, 0.15) is 5.75 Å². The van der Waals surface area contributed by atoms with Gasteiger partial charge in [-0.25, -0.2) is 4.79 Å². The smallest absolute Gasteiger partial charge is 0.317 e. The second kappa shape index (κ2) is 7.50. The summed E-state index contributed by atoms with van der Waals surface area (Å²) >= 11 is 3.45. The zero-order valence-electron chi connectivity index (χ0n) is 12.8. The molecule has 1 aromatic rings. The van der Waals surface area contributed by atoms with Gasteiger partial charge in [0.15, 0.2) is 0 Å². The molecule has 0 aliphatic carbocycles. The summed E-state index contributed by atoms with van der Waals surface area (Å²) in [6.45, 7) is 3.24. The van der Waals surface area contributed by atoms with Crippen molar-refractivity contribution >= 4 is 22.0 Å². The highest BCUT2D eigenvalue weighted by Gasteiger charge is 2.23. The van der Waals surface area contributed by atoms with E-state index < -0.39 is 0 Å². The normalized spacial score (nSPS) is 16.7. The van der Waals surface area contributed by atoms with Crippen LogP contribution in [0.25, 0.3) is 0 Å². The molecule has 1 aliphatic heterocycles. The summed E-state index contributed by atoms with van der Waals surface area (Å²) in [4.78, 5) is 14.1. The number of carbonyl (C=O) groups excluding carboxylic acids is 1.